The monoisotopic (exact) mass is 276 g/mol. The third-order valence-corrected chi connectivity index (χ3v) is 3.46. The van der Waals surface area contributed by atoms with Gasteiger partial charge in [-0.1, -0.05) is 0 Å². The standard InChI is InChI=1S/C14H16N2O4/c1-9-13(17)15-11-3-2-10(8-12(11)20-9)14(18)16-4-6-19-7-5-16/h2-3,8-9H,4-7H2,1H3,(H,15,17). The summed E-state index contributed by atoms with van der Waals surface area (Å²) in [4.78, 5) is 25.6. The van der Waals surface area contributed by atoms with E-state index in [0.29, 0.717) is 43.3 Å². The van der Waals surface area contributed by atoms with Crippen LogP contribution in [0, 0.1) is 0 Å². The number of amides is 2. The number of benzene rings is 1. The fourth-order valence-corrected chi connectivity index (χ4v) is 2.28. The van der Waals surface area contributed by atoms with Crippen molar-refractivity contribution < 1.29 is 19.1 Å². The van der Waals surface area contributed by atoms with E-state index in [0.717, 1.165) is 0 Å². The van der Waals surface area contributed by atoms with Gasteiger partial charge in [0.25, 0.3) is 11.8 Å². The first-order chi connectivity index (χ1) is 9.65. The molecule has 6 heteroatoms. The molecule has 2 aliphatic rings. The maximum absolute atomic E-state index is 12.4. The predicted octanol–water partition coefficient (Wildman–Crippen LogP) is 0.878. The molecule has 1 atom stereocenters. The van der Waals surface area contributed by atoms with Crippen molar-refractivity contribution in [2.24, 2.45) is 0 Å². The van der Waals surface area contributed by atoms with E-state index < -0.39 is 6.10 Å². The van der Waals surface area contributed by atoms with Gasteiger partial charge < -0.3 is 19.7 Å². The molecular weight excluding hydrogens is 260 g/mol. The van der Waals surface area contributed by atoms with Gasteiger partial charge in [-0.05, 0) is 25.1 Å². The molecule has 2 amide bonds. The van der Waals surface area contributed by atoms with Crippen molar-refractivity contribution in [3.63, 3.8) is 0 Å². The van der Waals surface area contributed by atoms with Crippen LogP contribution in [-0.2, 0) is 9.53 Å². The first-order valence-corrected chi connectivity index (χ1v) is 6.64. The summed E-state index contributed by atoms with van der Waals surface area (Å²) in [5, 5.41) is 2.75. The number of nitrogens with one attached hydrogen (secondary N) is 1. The van der Waals surface area contributed by atoms with E-state index in [9.17, 15) is 9.59 Å². The molecule has 1 N–H and O–H groups in total. The average molecular weight is 276 g/mol. The van der Waals surface area contributed by atoms with E-state index in [1.165, 1.54) is 0 Å². The molecule has 1 saturated heterocycles. The van der Waals surface area contributed by atoms with Crippen molar-refractivity contribution in [1.29, 1.82) is 0 Å². The van der Waals surface area contributed by atoms with Gasteiger partial charge in [0, 0.05) is 18.7 Å². The number of anilines is 1. The van der Waals surface area contributed by atoms with Gasteiger partial charge in [0.05, 0.1) is 18.9 Å². The minimum atomic E-state index is -0.545. The molecule has 0 aliphatic carbocycles. The molecule has 1 fully saturated rings. The molecule has 2 heterocycles. The zero-order chi connectivity index (χ0) is 14.1. The second-order valence-corrected chi connectivity index (χ2v) is 4.86. The number of ether oxygens (including phenoxy) is 2. The number of hydrogen-bond donors (Lipinski definition) is 1. The molecule has 2 aliphatic heterocycles. The predicted molar refractivity (Wildman–Crippen MR) is 71.9 cm³/mol. The third kappa shape index (κ3) is 2.34. The Bertz CT molecular complexity index is 552. The first-order valence-electron chi connectivity index (χ1n) is 6.64. The van der Waals surface area contributed by atoms with Crippen LogP contribution in [0.5, 0.6) is 5.75 Å². The van der Waals surface area contributed by atoms with Crippen molar-refractivity contribution in [1.82, 2.24) is 4.90 Å². The highest BCUT2D eigenvalue weighted by molar-refractivity contribution is 6.00. The second kappa shape index (κ2) is 5.13. The molecule has 0 spiro atoms. The highest BCUT2D eigenvalue weighted by Crippen LogP contribution is 2.30. The van der Waals surface area contributed by atoms with Crippen LogP contribution in [0.1, 0.15) is 17.3 Å². The van der Waals surface area contributed by atoms with Crippen molar-refractivity contribution in [3.05, 3.63) is 23.8 Å². The normalized spacial score (nSPS) is 21.8. The van der Waals surface area contributed by atoms with Crippen molar-refractivity contribution in [2.75, 3.05) is 31.6 Å². The van der Waals surface area contributed by atoms with Gasteiger partial charge >= 0.3 is 0 Å². The van der Waals surface area contributed by atoms with Gasteiger partial charge in [-0.3, -0.25) is 9.59 Å². The molecule has 106 valence electrons. The SMILES string of the molecule is CC1Oc2cc(C(=O)N3CCOCC3)ccc2NC1=O. The molecule has 1 aromatic rings. The van der Waals surface area contributed by atoms with Crippen LogP contribution in [0.2, 0.25) is 0 Å². The Balaban J connectivity index is 1.83. The Hall–Kier alpha value is -2.08. The van der Waals surface area contributed by atoms with Gasteiger partial charge in [0.15, 0.2) is 6.10 Å². The third-order valence-electron chi connectivity index (χ3n) is 3.46. The largest absolute Gasteiger partial charge is 0.479 e. The number of carbonyl (C=O) groups is 2. The summed E-state index contributed by atoms with van der Waals surface area (Å²) in [6.45, 7) is 4.02. The molecule has 0 bridgehead atoms. The summed E-state index contributed by atoms with van der Waals surface area (Å²) < 4.78 is 10.8. The summed E-state index contributed by atoms with van der Waals surface area (Å²) >= 11 is 0. The summed E-state index contributed by atoms with van der Waals surface area (Å²) in [5.41, 5.74) is 1.17. The van der Waals surface area contributed by atoms with E-state index in [4.69, 9.17) is 9.47 Å². The van der Waals surface area contributed by atoms with Crippen LogP contribution in [0.4, 0.5) is 5.69 Å². The molecule has 0 radical (unpaired) electrons. The minimum absolute atomic E-state index is 0.0377. The Morgan fingerprint density at radius 3 is 2.85 bits per heavy atom. The van der Waals surface area contributed by atoms with Crippen LogP contribution >= 0.6 is 0 Å². The molecule has 0 saturated carbocycles. The van der Waals surface area contributed by atoms with Gasteiger partial charge in [0.1, 0.15) is 5.75 Å². The average Bonchev–Trinajstić information content (AvgIpc) is 2.48. The van der Waals surface area contributed by atoms with Crippen molar-refractivity contribution in [2.45, 2.75) is 13.0 Å². The molecular formula is C14H16N2O4. The summed E-state index contributed by atoms with van der Waals surface area (Å²) in [6, 6.07) is 5.09. The van der Waals surface area contributed by atoms with Gasteiger partial charge in [-0.25, -0.2) is 0 Å². The Morgan fingerprint density at radius 1 is 1.35 bits per heavy atom. The zero-order valence-electron chi connectivity index (χ0n) is 11.2. The topological polar surface area (TPSA) is 67.9 Å². The Labute approximate surface area is 116 Å². The molecule has 20 heavy (non-hydrogen) atoms. The van der Waals surface area contributed by atoms with E-state index in [1.807, 2.05) is 0 Å². The van der Waals surface area contributed by atoms with Crippen LogP contribution in [0.15, 0.2) is 18.2 Å². The molecule has 0 aromatic heterocycles. The lowest BCUT2D eigenvalue weighted by Gasteiger charge is -2.28. The lowest BCUT2D eigenvalue weighted by atomic mass is 10.1. The van der Waals surface area contributed by atoms with Gasteiger partial charge in [-0.15, -0.1) is 0 Å². The number of hydrogen-bond acceptors (Lipinski definition) is 4. The molecule has 6 nitrogen and oxygen atoms in total. The second-order valence-electron chi connectivity index (χ2n) is 4.86. The Morgan fingerprint density at radius 2 is 2.10 bits per heavy atom. The first kappa shape index (κ1) is 12.9. The molecule has 3 rings (SSSR count). The van der Waals surface area contributed by atoms with Crippen molar-refractivity contribution in [3.8, 4) is 5.75 Å². The zero-order valence-corrected chi connectivity index (χ0v) is 11.2. The summed E-state index contributed by atoms with van der Waals surface area (Å²) in [6.07, 6.45) is -0.545. The van der Waals surface area contributed by atoms with E-state index in [-0.39, 0.29) is 11.8 Å². The van der Waals surface area contributed by atoms with Crippen LogP contribution in [0.3, 0.4) is 0 Å². The number of rotatable bonds is 1. The molecule has 1 aromatic carbocycles. The maximum Gasteiger partial charge on any atom is 0.265 e. The number of carbonyl (C=O) groups excluding carboxylic acids is 2. The fraction of sp³-hybridized carbons (Fsp3) is 0.429. The smallest absolute Gasteiger partial charge is 0.265 e. The minimum Gasteiger partial charge on any atom is -0.479 e. The quantitative estimate of drug-likeness (QED) is 0.826. The van der Waals surface area contributed by atoms with Crippen LogP contribution < -0.4 is 10.1 Å². The van der Waals surface area contributed by atoms with Crippen molar-refractivity contribution >= 4 is 17.5 Å². The highest BCUT2D eigenvalue weighted by atomic mass is 16.5. The van der Waals surface area contributed by atoms with E-state index >= 15 is 0 Å². The Kier molecular flexibility index (Phi) is 3.31. The lowest BCUT2D eigenvalue weighted by molar-refractivity contribution is -0.122. The summed E-state index contributed by atoms with van der Waals surface area (Å²) in [5.74, 6) is 0.324. The van der Waals surface area contributed by atoms with Crippen LogP contribution in [0.25, 0.3) is 0 Å². The fourth-order valence-electron chi connectivity index (χ4n) is 2.28. The maximum atomic E-state index is 12.4. The highest BCUT2D eigenvalue weighted by Gasteiger charge is 2.25. The van der Waals surface area contributed by atoms with Gasteiger partial charge in [0.2, 0.25) is 0 Å². The molecule has 1 unspecified atom stereocenters. The van der Waals surface area contributed by atoms with E-state index in [2.05, 4.69) is 5.32 Å². The number of fused-ring (bicyclic) bond motifs is 1. The van der Waals surface area contributed by atoms with Crippen LogP contribution in [-0.4, -0.2) is 49.1 Å². The number of morpholine rings is 1. The lowest BCUT2D eigenvalue weighted by Crippen LogP contribution is -2.40. The van der Waals surface area contributed by atoms with Gasteiger partial charge in [-0.2, -0.15) is 0 Å². The van der Waals surface area contributed by atoms with E-state index in [1.54, 1.807) is 30.0 Å². The number of nitrogens with zero attached hydrogens (tertiary/aromatic N) is 1. The summed E-state index contributed by atoms with van der Waals surface area (Å²) in [7, 11) is 0.